The van der Waals surface area contributed by atoms with E-state index in [0.29, 0.717) is 18.5 Å². The molecule has 0 bridgehead atoms. The predicted molar refractivity (Wildman–Crippen MR) is 105 cm³/mol. The fourth-order valence-corrected chi connectivity index (χ4v) is 5.46. The van der Waals surface area contributed by atoms with E-state index >= 15 is 0 Å². The summed E-state index contributed by atoms with van der Waals surface area (Å²) in [6, 6.07) is 8.29. The monoisotopic (exact) mass is 437 g/mol. The maximum absolute atomic E-state index is 13.1. The molecular formula is C19H20FN3O4S2. The van der Waals surface area contributed by atoms with Crippen LogP contribution in [0.3, 0.4) is 0 Å². The Labute approximate surface area is 169 Å². The molecule has 0 unspecified atom stereocenters. The van der Waals surface area contributed by atoms with E-state index in [9.17, 15) is 21.2 Å². The van der Waals surface area contributed by atoms with Crippen molar-refractivity contribution in [1.82, 2.24) is 14.3 Å². The minimum Gasteiger partial charge on any atom is -0.337 e. The molecule has 3 aromatic rings. The number of halogens is 1. The molecule has 0 atom stereocenters. The highest BCUT2D eigenvalue weighted by atomic mass is 32.2. The van der Waals surface area contributed by atoms with Crippen LogP contribution in [0.2, 0.25) is 0 Å². The molecule has 10 heteroatoms. The summed E-state index contributed by atoms with van der Waals surface area (Å²) < 4.78 is 68.4. The first-order valence-electron chi connectivity index (χ1n) is 8.77. The van der Waals surface area contributed by atoms with Gasteiger partial charge in [-0.2, -0.15) is 0 Å². The van der Waals surface area contributed by atoms with Crippen LogP contribution in [0, 0.1) is 12.7 Å². The van der Waals surface area contributed by atoms with Crippen LogP contribution in [0.15, 0.2) is 75.9 Å². The van der Waals surface area contributed by atoms with Gasteiger partial charge in [0.2, 0.25) is 19.9 Å². The van der Waals surface area contributed by atoms with E-state index in [1.165, 1.54) is 12.1 Å². The zero-order valence-electron chi connectivity index (χ0n) is 15.6. The molecule has 2 aromatic carbocycles. The molecule has 1 heterocycles. The summed E-state index contributed by atoms with van der Waals surface area (Å²) in [6.07, 6.45) is 5.60. The van der Waals surface area contributed by atoms with Gasteiger partial charge in [0.1, 0.15) is 5.82 Å². The van der Waals surface area contributed by atoms with E-state index in [4.69, 9.17) is 0 Å². The Morgan fingerprint density at radius 1 is 1.03 bits per heavy atom. The number of imidazole rings is 1. The highest BCUT2D eigenvalue weighted by Gasteiger charge is 2.23. The van der Waals surface area contributed by atoms with Crippen LogP contribution in [0.25, 0.3) is 0 Å². The largest absolute Gasteiger partial charge is 0.337 e. The lowest BCUT2D eigenvalue weighted by Gasteiger charge is -2.12. The molecule has 7 nitrogen and oxygen atoms in total. The average molecular weight is 438 g/mol. The van der Waals surface area contributed by atoms with Crippen molar-refractivity contribution in [3.8, 4) is 0 Å². The number of sulfonamides is 1. The smallest absolute Gasteiger partial charge is 0.240 e. The van der Waals surface area contributed by atoms with Crippen molar-refractivity contribution in [2.24, 2.45) is 0 Å². The van der Waals surface area contributed by atoms with E-state index in [0.717, 1.165) is 30.3 Å². The van der Waals surface area contributed by atoms with Gasteiger partial charge in [-0.25, -0.2) is 30.9 Å². The fraction of sp³-hybridized carbons (Fsp3) is 0.211. The quantitative estimate of drug-likeness (QED) is 0.431. The van der Waals surface area contributed by atoms with Gasteiger partial charge in [0.25, 0.3) is 0 Å². The van der Waals surface area contributed by atoms with Crippen molar-refractivity contribution in [3.63, 3.8) is 0 Å². The molecule has 3 rings (SSSR count). The summed E-state index contributed by atoms with van der Waals surface area (Å²) in [5.74, 6) is -0.559. The Balaban J connectivity index is 1.81. The first kappa shape index (κ1) is 21.2. The topological polar surface area (TPSA) is 98.1 Å². The summed E-state index contributed by atoms with van der Waals surface area (Å²) >= 11 is 0. The van der Waals surface area contributed by atoms with Gasteiger partial charge in [-0.3, -0.25) is 0 Å². The summed E-state index contributed by atoms with van der Waals surface area (Å²) in [7, 11) is -7.88. The fourth-order valence-electron chi connectivity index (χ4n) is 2.75. The van der Waals surface area contributed by atoms with Gasteiger partial charge >= 0.3 is 0 Å². The number of hydrogen-bond acceptors (Lipinski definition) is 5. The number of rotatable bonds is 8. The molecule has 29 heavy (non-hydrogen) atoms. The highest BCUT2D eigenvalue weighted by molar-refractivity contribution is 7.91. The number of aryl methyl sites for hydroxylation is 2. The van der Waals surface area contributed by atoms with Crippen molar-refractivity contribution < 1.29 is 21.2 Å². The molecular weight excluding hydrogens is 417 g/mol. The van der Waals surface area contributed by atoms with E-state index in [1.54, 1.807) is 25.6 Å². The maximum Gasteiger partial charge on any atom is 0.240 e. The van der Waals surface area contributed by atoms with Gasteiger partial charge in [-0.1, -0.05) is 6.07 Å². The number of nitrogens with zero attached hydrogens (tertiary/aromatic N) is 2. The lowest BCUT2D eigenvalue weighted by molar-refractivity contribution is 0.569. The second-order valence-electron chi connectivity index (χ2n) is 6.44. The van der Waals surface area contributed by atoms with Gasteiger partial charge in [0.05, 0.1) is 21.0 Å². The molecule has 1 aromatic heterocycles. The minimum atomic E-state index is -3.98. The van der Waals surface area contributed by atoms with Crippen LogP contribution >= 0.6 is 0 Å². The van der Waals surface area contributed by atoms with Crippen LogP contribution in [0.4, 0.5) is 4.39 Å². The predicted octanol–water partition coefficient (Wildman–Crippen LogP) is 2.53. The third-order valence-corrected chi connectivity index (χ3v) is 7.70. The normalized spacial score (nSPS) is 12.2. The van der Waals surface area contributed by atoms with Crippen LogP contribution in [0.5, 0.6) is 0 Å². The second kappa shape index (κ2) is 8.44. The summed E-state index contributed by atoms with van der Waals surface area (Å²) in [5, 5.41) is 0. The van der Waals surface area contributed by atoms with E-state index in [-0.39, 0.29) is 21.2 Å². The second-order valence-corrected chi connectivity index (χ2v) is 10.1. The summed E-state index contributed by atoms with van der Waals surface area (Å²) in [4.78, 5) is 3.53. The van der Waals surface area contributed by atoms with E-state index in [2.05, 4.69) is 9.71 Å². The summed E-state index contributed by atoms with van der Waals surface area (Å²) in [5.41, 5.74) is 0.421. The average Bonchev–Trinajstić information content (AvgIpc) is 3.19. The molecule has 0 aliphatic rings. The molecule has 0 spiro atoms. The first-order valence-corrected chi connectivity index (χ1v) is 11.7. The van der Waals surface area contributed by atoms with Gasteiger partial charge in [-0.05, 0) is 55.3 Å². The Morgan fingerprint density at radius 2 is 1.72 bits per heavy atom. The summed E-state index contributed by atoms with van der Waals surface area (Å²) in [6.45, 7) is 2.38. The van der Waals surface area contributed by atoms with Gasteiger partial charge in [-0.15, -0.1) is 0 Å². The van der Waals surface area contributed by atoms with Crippen molar-refractivity contribution in [2.75, 3.05) is 6.54 Å². The van der Waals surface area contributed by atoms with Crippen molar-refractivity contribution >= 4 is 19.9 Å². The van der Waals surface area contributed by atoms with Crippen LogP contribution in [-0.4, -0.2) is 32.9 Å². The Bertz CT molecular complexity index is 1190. The molecule has 0 saturated carbocycles. The Kier molecular flexibility index (Phi) is 6.15. The van der Waals surface area contributed by atoms with Crippen molar-refractivity contribution in [1.29, 1.82) is 0 Å². The van der Waals surface area contributed by atoms with E-state index in [1.807, 2.05) is 4.57 Å². The van der Waals surface area contributed by atoms with Crippen molar-refractivity contribution in [2.45, 2.75) is 34.6 Å². The zero-order valence-corrected chi connectivity index (χ0v) is 17.2. The SMILES string of the molecule is Cc1ccc(S(=O)(=O)c2ccc(F)cc2)cc1S(=O)(=O)NCCCn1ccnc1. The lowest BCUT2D eigenvalue weighted by Crippen LogP contribution is -2.26. The molecule has 0 saturated heterocycles. The van der Waals surface area contributed by atoms with Crippen molar-refractivity contribution in [3.05, 3.63) is 72.6 Å². The van der Waals surface area contributed by atoms with Gasteiger partial charge in [0, 0.05) is 25.5 Å². The third kappa shape index (κ3) is 4.89. The highest BCUT2D eigenvalue weighted by Crippen LogP contribution is 2.25. The van der Waals surface area contributed by atoms with Gasteiger partial charge in [0.15, 0.2) is 0 Å². The molecule has 1 N–H and O–H groups in total. The zero-order chi connectivity index (χ0) is 21.1. The van der Waals surface area contributed by atoms with Crippen LogP contribution in [-0.2, 0) is 26.4 Å². The molecule has 0 amide bonds. The van der Waals surface area contributed by atoms with Crippen LogP contribution < -0.4 is 4.72 Å². The molecule has 0 fully saturated rings. The lowest BCUT2D eigenvalue weighted by atomic mass is 10.2. The number of hydrogen-bond donors (Lipinski definition) is 1. The molecule has 154 valence electrons. The number of sulfone groups is 1. The number of nitrogens with one attached hydrogen (secondary N) is 1. The Morgan fingerprint density at radius 3 is 2.38 bits per heavy atom. The number of aromatic nitrogens is 2. The third-order valence-electron chi connectivity index (χ3n) is 4.33. The standard InChI is InChI=1S/C19H20FN3O4S2/c1-15-3-6-18(28(24,25)17-7-4-16(20)5-8-17)13-19(15)29(26,27)22-9-2-11-23-12-10-21-14-23/h3-8,10,12-14,22H,2,9,11H2,1H3. The Hall–Kier alpha value is -2.56. The molecule has 0 aliphatic carbocycles. The first-order chi connectivity index (χ1) is 13.7. The van der Waals surface area contributed by atoms with Crippen LogP contribution in [0.1, 0.15) is 12.0 Å². The number of benzene rings is 2. The minimum absolute atomic E-state index is 0.108. The van der Waals surface area contributed by atoms with E-state index < -0.39 is 25.7 Å². The van der Waals surface area contributed by atoms with Gasteiger partial charge < -0.3 is 4.57 Å². The molecule has 0 aliphatic heterocycles. The molecule has 0 radical (unpaired) electrons. The maximum atomic E-state index is 13.1.